The number of ether oxygens (including phenoxy) is 3. The average molecular weight is 448 g/mol. The van der Waals surface area contributed by atoms with Crippen molar-refractivity contribution in [2.45, 2.75) is 68.6 Å². The van der Waals surface area contributed by atoms with Crippen LogP contribution in [0, 0.1) is 0 Å². The van der Waals surface area contributed by atoms with Crippen molar-refractivity contribution >= 4 is 5.78 Å². The Morgan fingerprint density at radius 1 is 1.15 bits per heavy atom. The topological polar surface area (TPSA) is 48.0 Å². The molecule has 2 heterocycles. The molecule has 1 saturated heterocycles. The number of piperidine rings is 1. The van der Waals surface area contributed by atoms with Crippen molar-refractivity contribution in [2.75, 3.05) is 26.8 Å². The van der Waals surface area contributed by atoms with Gasteiger partial charge in [0.25, 0.3) is 0 Å². The van der Waals surface area contributed by atoms with Gasteiger partial charge in [-0.05, 0) is 62.4 Å². The summed E-state index contributed by atoms with van der Waals surface area (Å²) in [6.07, 6.45) is 4.62. The molecule has 6 rings (SSSR count). The predicted molar refractivity (Wildman–Crippen MR) is 126 cm³/mol. The van der Waals surface area contributed by atoms with E-state index in [1.54, 1.807) is 7.11 Å². The highest BCUT2D eigenvalue weighted by Gasteiger charge is 2.74. The predicted octanol–water partition coefficient (Wildman–Crippen LogP) is 4.10. The molecule has 0 radical (unpaired) electrons. The molecule has 0 N–H and O–H groups in total. The third kappa shape index (κ3) is 2.82. The van der Waals surface area contributed by atoms with Gasteiger partial charge in [-0.2, -0.15) is 0 Å². The van der Waals surface area contributed by atoms with Crippen molar-refractivity contribution in [1.82, 2.24) is 4.90 Å². The van der Waals surface area contributed by atoms with Crippen LogP contribution in [0.2, 0.25) is 0 Å². The number of hydrogen-bond acceptors (Lipinski definition) is 5. The number of likely N-dealkylation sites (N-methyl/N-ethyl adjacent to an activating group) is 1. The fourth-order valence-corrected chi connectivity index (χ4v) is 7.38. The van der Waals surface area contributed by atoms with Gasteiger partial charge in [0.15, 0.2) is 23.4 Å². The standard InChI is InChI=1S/C28H33NO4/c1-3-29-16-15-27-24-20-11-12-22(31-2)25(24)33-26(27)21(30)13-14-28(27,23(29)18-20)32-17-7-10-19-8-5-4-6-9-19/h4-6,8-9,11-12,23,26H,3,7,10,13-18H2,1-2H3/t23-,26?,27+,28-/m1/s1. The highest BCUT2D eigenvalue weighted by molar-refractivity contribution is 5.90. The quantitative estimate of drug-likeness (QED) is 0.598. The number of benzene rings is 2. The zero-order chi connectivity index (χ0) is 22.6. The van der Waals surface area contributed by atoms with Crippen LogP contribution in [0.5, 0.6) is 11.5 Å². The lowest BCUT2D eigenvalue weighted by Gasteiger charge is -2.64. The lowest BCUT2D eigenvalue weighted by atomic mass is 9.48. The summed E-state index contributed by atoms with van der Waals surface area (Å²) in [5, 5.41) is 0. The zero-order valence-corrected chi connectivity index (χ0v) is 19.6. The van der Waals surface area contributed by atoms with E-state index in [9.17, 15) is 4.79 Å². The monoisotopic (exact) mass is 447 g/mol. The molecule has 4 atom stereocenters. The van der Waals surface area contributed by atoms with Gasteiger partial charge in [0, 0.05) is 24.6 Å². The summed E-state index contributed by atoms with van der Waals surface area (Å²) in [6, 6.07) is 15.1. The minimum absolute atomic E-state index is 0.216. The maximum Gasteiger partial charge on any atom is 0.174 e. The summed E-state index contributed by atoms with van der Waals surface area (Å²) < 4.78 is 19.2. The first-order valence-electron chi connectivity index (χ1n) is 12.5. The van der Waals surface area contributed by atoms with Gasteiger partial charge >= 0.3 is 0 Å². The van der Waals surface area contributed by atoms with E-state index in [0.29, 0.717) is 13.0 Å². The molecule has 2 aromatic carbocycles. The number of nitrogens with zero attached hydrogens (tertiary/aromatic N) is 1. The number of likely N-dealkylation sites (tertiary alicyclic amines) is 1. The fraction of sp³-hybridized carbons (Fsp3) is 0.536. The third-order valence-corrected chi connectivity index (χ3v) is 8.75. The second kappa shape index (κ2) is 7.85. The SMILES string of the molecule is CCN1CC[C@]23c4c5ccc(OC)c4OC2C(=O)CC[C@@]3(OCCCc2ccccc2)[C@H]1C5. The summed E-state index contributed by atoms with van der Waals surface area (Å²) in [5.41, 5.74) is 3.03. The van der Waals surface area contributed by atoms with E-state index in [2.05, 4.69) is 48.2 Å². The van der Waals surface area contributed by atoms with E-state index >= 15 is 0 Å². The molecule has 4 aliphatic rings. The molecular formula is C28H33NO4. The molecule has 33 heavy (non-hydrogen) atoms. The van der Waals surface area contributed by atoms with Crippen LogP contribution in [0.15, 0.2) is 42.5 Å². The van der Waals surface area contributed by atoms with Crippen LogP contribution in [-0.4, -0.2) is 55.2 Å². The molecule has 1 spiro atoms. The number of carbonyl (C=O) groups excluding carboxylic acids is 1. The number of methoxy groups -OCH3 is 1. The lowest BCUT2D eigenvalue weighted by molar-refractivity contribution is -0.212. The number of aryl methyl sites for hydroxylation is 1. The van der Waals surface area contributed by atoms with Crippen molar-refractivity contribution in [1.29, 1.82) is 0 Å². The number of carbonyl (C=O) groups is 1. The molecule has 174 valence electrons. The van der Waals surface area contributed by atoms with E-state index in [4.69, 9.17) is 14.2 Å². The van der Waals surface area contributed by atoms with E-state index in [0.717, 1.165) is 56.7 Å². The van der Waals surface area contributed by atoms with Crippen LogP contribution < -0.4 is 9.47 Å². The molecule has 2 bridgehead atoms. The zero-order valence-electron chi connectivity index (χ0n) is 19.6. The molecular weight excluding hydrogens is 414 g/mol. The van der Waals surface area contributed by atoms with Crippen LogP contribution in [-0.2, 0) is 27.8 Å². The second-order valence-corrected chi connectivity index (χ2v) is 9.99. The molecule has 0 amide bonds. The molecule has 2 aliphatic carbocycles. The van der Waals surface area contributed by atoms with Gasteiger partial charge in [0.2, 0.25) is 0 Å². The Labute approximate surface area is 196 Å². The number of hydrogen-bond donors (Lipinski definition) is 0. The molecule has 0 aromatic heterocycles. The second-order valence-electron chi connectivity index (χ2n) is 9.99. The van der Waals surface area contributed by atoms with Crippen LogP contribution in [0.4, 0.5) is 0 Å². The number of rotatable bonds is 7. The fourth-order valence-electron chi connectivity index (χ4n) is 7.38. The Bertz CT molecular complexity index is 1070. The van der Waals surface area contributed by atoms with Gasteiger partial charge in [-0.25, -0.2) is 0 Å². The molecule has 2 fully saturated rings. The first-order valence-corrected chi connectivity index (χ1v) is 12.5. The molecule has 1 saturated carbocycles. The summed E-state index contributed by atoms with van der Waals surface area (Å²) in [4.78, 5) is 15.9. The highest BCUT2D eigenvalue weighted by atomic mass is 16.5. The summed E-state index contributed by atoms with van der Waals surface area (Å²) >= 11 is 0. The smallest absolute Gasteiger partial charge is 0.174 e. The van der Waals surface area contributed by atoms with E-state index in [-0.39, 0.29) is 11.8 Å². The van der Waals surface area contributed by atoms with Crippen molar-refractivity contribution in [3.05, 3.63) is 59.2 Å². The van der Waals surface area contributed by atoms with E-state index in [1.807, 2.05) is 6.07 Å². The van der Waals surface area contributed by atoms with Crippen LogP contribution >= 0.6 is 0 Å². The molecule has 1 unspecified atom stereocenters. The summed E-state index contributed by atoms with van der Waals surface area (Å²) in [5.74, 6) is 1.74. The Morgan fingerprint density at radius 2 is 2.00 bits per heavy atom. The summed E-state index contributed by atoms with van der Waals surface area (Å²) in [7, 11) is 1.68. The largest absolute Gasteiger partial charge is 0.493 e. The van der Waals surface area contributed by atoms with Crippen molar-refractivity contribution in [3.8, 4) is 11.5 Å². The molecule has 2 aromatic rings. The van der Waals surface area contributed by atoms with Gasteiger partial charge in [0.1, 0.15) is 0 Å². The molecule has 5 heteroatoms. The average Bonchev–Trinajstić information content (AvgIpc) is 3.20. The minimum Gasteiger partial charge on any atom is -0.493 e. The Morgan fingerprint density at radius 3 is 2.79 bits per heavy atom. The van der Waals surface area contributed by atoms with Gasteiger partial charge in [-0.3, -0.25) is 9.69 Å². The maximum atomic E-state index is 13.3. The van der Waals surface area contributed by atoms with Gasteiger partial charge in [-0.15, -0.1) is 0 Å². The van der Waals surface area contributed by atoms with Gasteiger partial charge in [-0.1, -0.05) is 43.3 Å². The van der Waals surface area contributed by atoms with E-state index < -0.39 is 17.1 Å². The Balaban J connectivity index is 1.41. The summed E-state index contributed by atoms with van der Waals surface area (Å²) in [6.45, 7) is 4.90. The van der Waals surface area contributed by atoms with Gasteiger partial charge < -0.3 is 14.2 Å². The first-order chi connectivity index (χ1) is 16.1. The Kier molecular flexibility index (Phi) is 5.04. The third-order valence-electron chi connectivity index (χ3n) is 8.75. The maximum absolute atomic E-state index is 13.3. The van der Waals surface area contributed by atoms with E-state index in [1.165, 1.54) is 16.7 Å². The molecule has 2 aliphatic heterocycles. The van der Waals surface area contributed by atoms with Crippen molar-refractivity contribution < 1.29 is 19.0 Å². The highest BCUT2D eigenvalue weighted by Crippen LogP contribution is 2.66. The molecule has 5 nitrogen and oxygen atoms in total. The number of ketones is 1. The van der Waals surface area contributed by atoms with Gasteiger partial charge in [0.05, 0.1) is 18.1 Å². The first kappa shape index (κ1) is 21.2. The number of Topliss-reactive ketones (excluding diaryl/α,β-unsaturated/α-hetero) is 1. The van der Waals surface area contributed by atoms with Crippen LogP contribution in [0.1, 0.15) is 49.3 Å². The van der Waals surface area contributed by atoms with Crippen LogP contribution in [0.25, 0.3) is 0 Å². The van der Waals surface area contributed by atoms with Crippen molar-refractivity contribution in [2.24, 2.45) is 0 Å². The Hall–Kier alpha value is -2.37. The normalized spacial score (nSPS) is 31.8. The van der Waals surface area contributed by atoms with Crippen molar-refractivity contribution in [3.63, 3.8) is 0 Å². The lowest BCUT2D eigenvalue weighted by Crippen LogP contribution is -2.77. The minimum atomic E-state index is -0.466. The van der Waals surface area contributed by atoms with Crippen LogP contribution in [0.3, 0.4) is 0 Å².